The Morgan fingerprint density at radius 2 is 2.35 bits per heavy atom. The fourth-order valence-corrected chi connectivity index (χ4v) is 3.71. The number of nitrogens with zero attached hydrogens (tertiary/aromatic N) is 1. The van der Waals surface area contributed by atoms with Crippen molar-refractivity contribution in [2.45, 2.75) is 24.8 Å². The second kappa shape index (κ2) is 7.06. The second-order valence-electron chi connectivity index (χ2n) is 4.21. The third-order valence-corrected chi connectivity index (χ3v) is 4.87. The van der Waals surface area contributed by atoms with Gasteiger partial charge in [0.05, 0.1) is 6.04 Å². The van der Waals surface area contributed by atoms with Gasteiger partial charge in [0.1, 0.15) is 10.00 Å². The highest BCUT2D eigenvalue weighted by atomic mass is 32.2. The van der Waals surface area contributed by atoms with E-state index >= 15 is 0 Å². The van der Waals surface area contributed by atoms with Gasteiger partial charge in [0, 0.05) is 27.7 Å². The summed E-state index contributed by atoms with van der Waals surface area (Å²) >= 11 is 8.60. The lowest BCUT2D eigenvalue weighted by Gasteiger charge is -2.18. The van der Waals surface area contributed by atoms with Crippen LogP contribution in [0.3, 0.4) is 0 Å². The predicted octanol–water partition coefficient (Wildman–Crippen LogP) is 4.06. The molecule has 2 rings (SSSR count). The molecule has 106 valence electrons. The Hall–Kier alpha value is -1.11. The molecule has 0 saturated carbocycles. The number of anilines is 1. The number of benzene rings is 1. The van der Waals surface area contributed by atoms with Crippen molar-refractivity contribution >= 4 is 46.0 Å². The number of rotatable bonds is 6. The molecule has 20 heavy (non-hydrogen) atoms. The van der Waals surface area contributed by atoms with E-state index in [1.807, 2.05) is 23.7 Å². The Morgan fingerprint density at radius 1 is 1.55 bits per heavy atom. The highest BCUT2D eigenvalue weighted by molar-refractivity contribution is 7.99. The lowest BCUT2D eigenvalue weighted by molar-refractivity contribution is 0.868. The normalized spacial score (nSPS) is 12.1. The fraction of sp³-hybridized carbons (Fsp3) is 0.286. The highest BCUT2D eigenvalue weighted by Gasteiger charge is 2.14. The number of thiazole rings is 1. The fourth-order valence-electron chi connectivity index (χ4n) is 1.92. The molecule has 1 heterocycles. The number of nitrogens with two attached hydrogens (primary N) is 1. The third kappa shape index (κ3) is 3.50. The summed E-state index contributed by atoms with van der Waals surface area (Å²) in [7, 11) is 0. The Kier molecular flexibility index (Phi) is 5.39. The largest absolute Gasteiger partial charge is 0.389 e. The Labute approximate surface area is 133 Å². The average Bonchev–Trinajstić information content (AvgIpc) is 2.92. The lowest BCUT2D eigenvalue weighted by atomic mass is 10.1. The van der Waals surface area contributed by atoms with Crippen molar-refractivity contribution in [3.05, 3.63) is 40.3 Å². The van der Waals surface area contributed by atoms with Crippen LogP contribution in [0.1, 0.15) is 30.5 Å². The van der Waals surface area contributed by atoms with Gasteiger partial charge in [-0.3, -0.25) is 0 Å². The molecule has 0 aliphatic heterocycles. The summed E-state index contributed by atoms with van der Waals surface area (Å²) in [5, 5.41) is 6.49. The summed E-state index contributed by atoms with van der Waals surface area (Å²) in [6.07, 6.45) is 1.82. The van der Waals surface area contributed by atoms with Gasteiger partial charge < -0.3 is 11.1 Å². The molecule has 0 aliphatic rings. The molecule has 0 fully saturated rings. The topological polar surface area (TPSA) is 50.9 Å². The van der Waals surface area contributed by atoms with Gasteiger partial charge in [-0.05, 0) is 24.8 Å². The summed E-state index contributed by atoms with van der Waals surface area (Å²) in [6.45, 7) is 4.20. The summed E-state index contributed by atoms with van der Waals surface area (Å²) in [6, 6.07) is 6.22. The van der Waals surface area contributed by atoms with E-state index in [4.69, 9.17) is 18.0 Å². The van der Waals surface area contributed by atoms with E-state index in [1.54, 1.807) is 23.1 Å². The monoisotopic (exact) mass is 323 g/mol. The molecule has 3 N–H and O–H groups in total. The van der Waals surface area contributed by atoms with Crippen LogP contribution in [0.15, 0.2) is 34.7 Å². The summed E-state index contributed by atoms with van der Waals surface area (Å²) in [5.74, 6) is 0.987. The number of thioether (sulfide) groups is 1. The average molecular weight is 324 g/mol. The van der Waals surface area contributed by atoms with Crippen molar-refractivity contribution in [3.63, 3.8) is 0 Å². The minimum Gasteiger partial charge on any atom is -0.389 e. The van der Waals surface area contributed by atoms with Crippen LogP contribution in [0.25, 0.3) is 0 Å². The summed E-state index contributed by atoms with van der Waals surface area (Å²) in [4.78, 5) is 5.88. The molecule has 1 atom stereocenters. The van der Waals surface area contributed by atoms with Crippen LogP contribution in [0, 0.1) is 0 Å². The SMILES string of the molecule is CCSc1cccc(NC(C)c2nccs2)c1C(N)=S. The zero-order chi connectivity index (χ0) is 14.5. The lowest BCUT2D eigenvalue weighted by Crippen LogP contribution is -2.16. The minimum atomic E-state index is 0.130. The zero-order valence-electron chi connectivity index (χ0n) is 11.4. The molecule has 1 aromatic carbocycles. The molecule has 0 bridgehead atoms. The Morgan fingerprint density at radius 3 is 2.95 bits per heavy atom. The molecule has 3 nitrogen and oxygen atoms in total. The molecule has 0 amide bonds. The first kappa shape index (κ1) is 15.3. The Bertz CT molecular complexity index is 581. The first-order valence-corrected chi connectivity index (χ1v) is 8.62. The molecule has 1 unspecified atom stereocenters. The molecule has 6 heteroatoms. The van der Waals surface area contributed by atoms with Crippen molar-refractivity contribution in [1.29, 1.82) is 0 Å². The van der Waals surface area contributed by atoms with Gasteiger partial charge in [0.25, 0.3) is 0 Å². The van der Waals surface area contributed by atoms with Gasteiger partial charge >= 0.3 is 0 Å². The first-order chi connectivity index (χ1) is 9.63. The van der Waals surface area contributed by atoms with E-state index in [0.29, 0.717) is 4.99 Å². The van der Waals surface area contributed by atoms with Crippen molar-refractivity contribution in [2.24, 2.45) is 5.73 Å². The van der Waals surface area contributed by atoms with Crippen LogP contribution in [-0.2, 0) is 0 Å². The van der Waals surface area contributed by atoms with Gasteiger partial charge in [-0.15, -0.1) is 23.1 Å². The maximum absolute atomic E-state index is 5.91. The molecule has 0 aliphatic carbocycles. The molecule has 1 aromatic heterocycles. The van der Waals surface area contributed by atoms with Crippen LogP contribution >= 0.6 is 35.3 Å². The second-order valence-corrected chi connectivity index (χ2v) is 6.88. The molecular weight excluding hydrogens is 306 g/mol. The van der Waals surface area contributed by atoms with Gasteiger partial charge in [0.15, 0.2) is 0 Å². The van der Waals surface area contributed by atoms with Crippen molar-refractivity contribution in [3.8, 4) is 0 Å². The maximum Gasteiger partial charge on any atom is 0.115 e. The van der Waals surface area contributed by atoms with Crippen molar-refractivity contribution in [1.82, 2.24) is 4.98 Å². The van der Waals surface area contributed by atoms with E-state index < -0.39 is 0 Å². The standard InChI is InChI=1S/C14H17N3S3/c1-3-19-11-6-4-5-10(12(11)13(15)18)17-9(2)14-16-7-8-20-14/h4-9,17H,3H2,1-2H3,(H2,15,18). The van der Waals surface area contributed by atoms with E-state index in [2.05, 4.69) is 30.2 Å². The predicted molar refractivity (Wildman–Crippen MR) is 92.9 cm³/mol. The highest BCUT2D eigenvalue weighted by Crippen LogP contribution is 2.31. The molecular formula is C14H17N3S3. The number of hydrogen-bond donors (Lipinski definition) is 2. The molecule has 2 aromatic rings. The van der Waals surface area contributed by atoms with Gasteiger partial charge in [0.2, 0.25) is 0 Å². The molecule has 0 spiro atoms. The van der Waals surface area contributed by atoms with Crippen LogP contribution in [0.2, 0.25) is 0 Å². The number of thiocarbonyl (C=S) groups is 1. The van der Waals surface area contributed by atoms with E-state index in [1.165, 1.54) is 0 Å². The smallest absolute Gasteiger partial charge is 0.115 e. The van der Waals surface area contributed by atoms with Crippen LogP contribution in [0.4, 0.5) is 5.69 Å². The third-order valence-electron chi connectivity index (χ3n) is 2.77. The number of hydrogen-bond acceptors (Lipinski definition) is 5. The molecule has 0 radical (unpaired) electrons. The summed E-state index contributed by atoms with van der Waals surface area (Å²) in [5.41, 5.74) is 7.80. The van der Waals surface area contributed by atoms with E-state index in [-0.39, 0.29) is 6.04 Å². The number of nitrogens with one attached hydrogen (secondary N) is 1. The first-order valence-electron chi connectivity index (χ1n) is 6.35. The van der Waals surface area contributed by atoms with Crippen molar-refractivity contribution < 1.29 is 0 Å². The van der Waals surface area contributed by atoms with Crippen LogP contribution < -0.4 is 11.1 Å². The van der Waals surface area contributed by atoms with Crippen LogP contribution in [0.5, 0.6) is 0 Å². The van der Waals surface area contributed by atoms with Crippen LogP contribution in [-0.4, -0.2) is 15.7 Å². The zero-order valence-corrected chi connectivity index (χ0v) is 13.9. The van der Waals surface area contributed by atoms with E-state index in [0.717, 1.165) is 26.9 Å². The number of aromatic nitrogens is 1. The molecule has 0 saturated heterocycles. The van der Waals surface area contributed by atoms with Gasteiger partial charge in [-0.2, -0.15) is 0 Å². The maximum atomic E-state index is 5.91. The summed E-state index contributed by atoms with van der Waals surface area (Å²) < 4.78 is 0. The van der Waals surface area contributed by atoms with Gasteiger partial charge in [-0.1, -0.05) is 25.2 Å². The van der Waals surface area contributed by atoms with Crippen molar-refractivity contribution in [2.75, 3.05) is 11.1 Å². The quantitative estimate of drug-likeness (QED) is 0.620. The van der Waals surface area contributed by atoms with Gasteiger partial charge in [-0.25, -0.2) is 4.98 Å². The van der Waals surface area contributed by atoms with E-state index in [9.17, 15) is 0 Å². The Balaban J connectivity index is 2.31. The minimum absolute atomic E-state index is 0.130.